The Hall–Kier alpha value is -2.46. The molecule has 1 amide bonds. The number of benzene rings is 2. The first-order valence-corrected chi connectivity index (χ1v) is 9.67. The number of piperazine rings is 1. The molecule has 0 spiro atoms. The molecule has 1 aliphatic heterocycles. The van der Waals surface area contributed by atoms with Crippen LogP contribution in [0.25, 0.3) is 6.08 Å². The first-order chi connectivity index (χ1) is 13.2. The van der Waals surface area contributed by atoms with Crippen LogP contribution in [0, 0.1) is 5.82 Å². The smallest absolute Gasteiger partial charge is 0.233 e. The third-order valence-corrected chi connectivity index (χ3v) is 5.69. The van der Waals surface area contributed by atoms with Gasteiger partial charge in [0.25, 0.3) is 0 Å². The minimum absolute atomic E-state index is 0.216. The second kappa shape index (κ2) is 7.65. The van der Waals surface area contributed by atoms with E-state index in [0.29, 0.717) is 0 Å². The molecule has 0 unspecified atom stereocenters. The lowest BCUT2D eigenvalue weighted by Gasteiger charge is -2.36. The van der Waals surface area contributed by atoms with Crippen LogP contribution in [0.1, 0.15) is 24.0 Å². The molecule has 27 heavy (non-hydrogen) atoms. The van der Waals surface area contributed by atoms with Crippen LogP contribution in [-0.4, -0.2) is 48.4 Å². The van der Waals surface area contributed by atoms with Gasteiger partial charge in [-0.3, -0.25) is 9.69 Å². The van der Waals surface area contributed by atoms with E-state index in [9.17, 15) is 9.18 Å². The molecular weight excluding hydrogens is 339 g/mol. The normalized spacial score (nSPS) is 19.4. The van der Waals surface area contributed by atoms with E-state index in [-0.39, 0.29) is 11.7 Å². The number of carbonyl (C=O) groups excluding carboxylic acids is 1. The summed E-state index contributed by atoms with van der Waals surface area (Å²) in [5, 5.41) is 0. The van der Waals surface area contributed by atoms with Crippen LogP contribution < -0.4 is 0 Å². The second-order valence-corrected chi connectivity index (χ2v) is 7.49. The maximum atomic E-state index is 13.2. The first kappa shape index (κ1) is 17.9. The van der Waals surface area contributed by atoms with Gasteiger partial charge in [-0.25, -0.2) is 4.39 Å². The van der Waals surface area contributed by atoms with E-state index < -0.39 is 5.41 Å². The zero-order valence-corrected chi connectivity index (χ0v) is 15.5. The first-order valence-electron chi connectivity index (χ1n) is 9.67. The molecule has 1 saturated heterocycles. The maximum absolute atomic E-state index is 13.2. The average molecular weight is 364 g/mol. The van der Waals surface area contributed by atoms with Crippen molar-refractivity contribution >= 4 is 12.0 Å². The summed E-state index contributed by atoms with van der Waals surface area (Å²) in [7, 11) is 0. The summed E-state index contributed by atoms with van der Waals surface area (Å²) in [6.45, 7) is 4.22. The number of carbonyl (C=O) groups is 1. The summed E-state index contributed by atoms with van der Waals surface area (Å²) in [6, 6.07) is 16.7. The van der Waals surface area contributed by atoms with Gasteiger partial charge in [-0.1, -0.05) is 54.6 Å². The number of rotatable bonds is 5. The average Bonchev–Trinajstić information content (AvgIpc) is 3.51. The maximum Gasteiger partial charge on any atom is 0.233 e. The van der Waals surface area contributed by atoms with Crippen LogP contribution in [0.2, 0.25) is 0 Å². The van der Waals surface area contributed by atoms with Gasteiger partial charge in [0.2, 0.25) is 5.91 Å². The number of halogens is 1. The highest BCUT2D eigenvalue weighted by atomic mass is 19.1. The van der Waals surface area contributed by atoms with Gasteiger partial charge in [-0.15, -0.1) is 0 Å². The molecule has 2 aromatic rings. The highest BCUT2D eigenvalue weighted by molar-refractivity contribution is 5.91. The van der Waals surface area contributed by atoms with Crippen molar-refractivity contribution in [2.24, 2.45) is 0 Å². The van der Waals surface area contributed by atoms with Crippen molar-refractivity contribution in [2.75, 3.05) is 32.7 Å². The van der Waals surface area contributed by atoms with E-state index in [1.165, 1.54) is 17.7 Å². The molecule has 0 atom stereocenters. The third-order valence-electron chi connectivity index (χ3n) is 5.69. The minimum atomic E-state index is -0.400. The van der Waals surface area contributed by atoms with Crippen LogP contribution >= 0.6 is 0 Å². The Morgan fingerprint density at radius 1 is 0.963 bits per heavy atom. The summed E-state index contributed by atoms with van der Waals surface area (Å²) in [5.41, 5.74) is 1.77. The Kier molecular flexibility index (Phi) is 5.08. The SMILES string of the molecule is O=C(N1CCN(C/C=C/c2ccccc2)CC1)C1(c2ccc(F)cc2)CC1. The molecule has 0 radical (unpaired) electrons. The number of hydrogen-bond acceptors (Lipinski definition) is 2. The molecule has 140 valence electrons. The van der Waals surface area contributed by atoms with Crippen LogP contribution in [0.4, 0.5) is 4.39 Å². The molecule has 1 saturated carbocycles. The summed E-state index contributed by atoms with van der Waals surface area (Å²) >= 11 is 0. The molecule has 0 N–H and O–H groups in total. The van der Waals surface area contributed by atoms with Gasteiger partial charge in [-0.05, 0) is 36.1 Å². The molecule has 3 nitrogen and oxygen atoms in total. The molecule has 1 aliphatic carbocycles. The number of nitrogens with zero attached hydrogens (tertiary/aromatic N) is 2. The van der Waals surface area contributed by atoms with Crippen molar-refractivity contribution in [1.29, 1.82) is 0 Å². The van der Waals surface area contributed by atoms with Crippen LogP contribution in [0.15, 0.2) is 60.7 Å². The Morgan fingerprint density at radius 3 is 2.26 bits per heavy atom. The largest absolute Gasteiger partial charge is 0.339 e. The highest BCUT2D eigenvalue weighted by Gasteiger charge is 2.53. The fraction of sp³-hybridized carbons (Fsp3) is 0.348. The molecule has 4 heteroatoms. The van der Waals surface area contributed by atoms with Crippen molar-refractivity contribution in [3.8, 4) is 0 Å². The highest BCUT2D eigenvalue weighted by Crippen LogP contribution is 2.49. The minimum Gasteiger partial charge on any atom is -0.339 e. The number of amides is 1. The van der Waals surface area contributed by atoms with E-state index in [0.717, 1.165) is 51.1 Å². The van der Waals surface area contributed by atoms with Crippen molar-refractivity contribution in [2.45, 2.75) is 18.3 Å². The van der Waals surface area contributed by atoms with Crippen LogP contribution in [-0.2, 0) is 10.2 Å². The predicted molar refractivity (Wildman–Crippen MR) is 106 cm³/mol. The molecule has 0 bridgehead atoms. The van der Waals surface area contributed by atoms with Gasteiger partial charge in [-0.2, -0.15) is 0 Å². The molecule has 4 rings (SSSR count). The van der Waals surface area contributed by atoms with Gasteiger partial charge in [0.05, 0.1) is 5.41 Å². The molecule has 0 aromatic heterocycles. The third kappa shape index (κ3) is 3.96. The van der Waals surface area contributed by atoms with Gasteiger partial charge >= 0.3 is 0 Å². The van der Waals surface area contributed by atoms with Gasteiger partial charge in [0.15, 0.2) is 0 Å². The molecule has 2 aromatic carbocycles. The Labute approximate surface area is 160 Å². The lowest BCUT2D eigenvalue weighted by atomic mass is 9.94. The van der Waals surface area contributed by atoms with E-state index in [2.05, 4.69) is 29.2 Å². The Balaban J connectivity index is 1.31. The van der Waals surface area contributed by atoms with Gasteiger partial charge in [0.1, 0.15) is 5.82 Å². The fourth-order valence-corrected chi connectivity index (χ4v) is 3.86. The standard InChI is InChI=1S/C23H25FN2O/c24-21-10-8-20(9-11-21)23(12-13-23)22(27)26-17-15-25(16-18-26)14-4-7-19-5-2-1-3-6-19/h1-11H,12-18H2/b7-4+. The lowest BCUT2D eigenvalue weighted by Crippen LogP contribution is -2.51. The van der Waals surface area contributed by atoms with Crippen molar-refractivity contribution in [3.05, 3.63) is 77.6 Å². The van der Waals surface area contributed by atoms with E-state index >= 15 is 0 Å². The molecule has 2 fully saturated rings. The van der Waals surface area contributed by atoms with Crippen molar-refractivity contribution < 1.29 is 9.18 Å². The lowest BCUT2D eigenvalue weighted by molar-refractivity contribution is -0.135. The van der Waals surface area contributed by atoms with Gasteiger partial charge < -0.3 is 4.90 Å². The summed E-state index contributed by atoms with van der Waals surface area (Å²) in [5.74, 6) is -0.0345. The molecule has 1 heterocycles. The summed E-state index contributed by atoms with van der Waals surface area (Å²) < 4.78 is 13.2. The fourth-order valence-electron chi connectivity index (χ4n) is 3.86. The second-order valence-electron chi connectivity index (χ2n) is 7.49. The predicted octanol–water partition coefficient (Wildman–Crippen LogP) is 3.71. The molecule has 2 aliphatic rings. The van der Waals surface area contributed by atoms with Crippen LogP contribution in [0.5, 0.6) is 0 Å². The van der Waals surface area contributed by atoms with E-state index in [1.54, 1.807) is 12.1 Å². The van der Waals surface area contributed by atoms with Gasteiger partial charge in [0, 0.05) is 32.7 Å². The Morgan fingerprint density at radius 2 is 1.63 bits per heavy atom. The quantitative estimate of drug-likeness (QED) is 0.807. The van der Waals surface area contributed by atoms with Crippen LogP contribution in [0.3, 0.4) is 0 Å². The summed E-state index contributed by atoms with van der Waals surface area (Å²) in [4.78, 5) is 17.4. The van der Waals surface area contributed by atoms with E-state index in [4.69, 9.17) is 0 Å². The van der Waals surface area contributed by atoms with Crippen molar-refractivity contribution in [1.82, 2.24) is 9.80 Å². The summed E-state index contributed by atoms with van der Waals surface area (Å²) in [6.07, 6.45) is 6.08. The Bertz CT molecular complexity index is 804. The van der Waals surface area contributed by atoms with Crippen molar-refractivity contribution in [3.63, 3.8) is 0 Å². The van der Waals surface area contributed by atoms with E-state index in [1.807, 2.05) is 23.1 Å². The topological polar surface area (TPSA) is 23.6 Å². The monoisotopic (exact) mass is 364 g/mol. The zero-order chi connectivity index (χ0) is 18.7. The molecular formula is C23H25FN2O. The number of hydrogen-bond donors (Lipinski definition) is 0. The zero-order valence-electron chi connectivity index (χ0n) is 15.5.